The number of nitrogens with zero attached hydrogens (tertiary/aromatic N) is 5. The molecule has 2 atom stereocenters. The fourth-order valence-corrected chi connectivity index (χ4v) is 3.23. The highest BCUT2D eigenvalue weighted by atomic mass is 16.4. The number of likely N-dealkylation sites (tertiary alicyclic amines) is 1. The van der Waals surface area contributed by atoms with Crippen molar-refractivity contribution >= 4 is 11.6 Å². The Bertz CT molecular complexity index is 684. The van der Waals surface area contributed by atoms with Crippen molar-refractivity contribution < 1.29 is 9.90 Å². The molecule has 1 aliphatic rings. The molecule has 124 valence electrons. The number of hydrogen-bond acceptors (Lipinski definition) is 5. The maximum atomic E-state index is 11.5. The molecule has 0 amide bonds. The summed E-state index contributed by atoms with van der Waals surface area (Å²) in [5, 5.41) is 13.5. The molecule has 1 N–H and O–H groups in total. The third-order valence-corrected chi connectivity index (χ3v) is 4.63. The second kappa shape index (κ2) is 6.64. The van der Waals surface area contributed by atoms with E-state index in [2.05, 4.69) is 34.0 Å². The van der Waals surface area contributed by atoms with Gasteiger partial charge in [-0.1, -0.05) is 0 Å². The van der Waals surface area contributed by atoms with Crippen LogP contribution in [0.25, 0.3) is 5.65 Å². The van der Waals surface area contributed by atoms with E-state index in [9.17, 15) is 9.90 Å². The highest BCUT2D eigenvalue weighted by molar-refractivity contribution is 5.70. The van der Waals surface area contributed by atoms with Gasteiger partial charge in [-0.2, -0.15) is 5.10 Å². The van der Waals surface area contributed by atoms with Gasteiger partial charge in [-0.3, -0.25) is 9.69 Å². The number of pyridine rings is 1. The number of carbonyl (C=O) groups is 1. The van der Waals surface area contributed by atoms with Crippen molar-refractivity contribution in [2.24, 2.45) is 5.92 Å². The van der Waals surface area contributed by atoms with Crippen LogP contribution in [0.2, 0.25) is 0 Å². The van der Waals surface area contributed by atoms with Crippen molar-refractivity contribution in [2.45, 2.75) is 25.4 Å². The van der Waals surface area contributed by atoms with Gasteiger partial charge in [0.1, 0.15) is 6.33 Å². The summed E-state index contributed by atoms with van der Waals surface area (Å²) < 4.78 is 1.73. The van der Waals surface area contributed by atoms with Crippen LogP contribution in [0, 0.1) is 5.92 Å². The second-order valence-corrected chi connectivity index (χ2v) is 6.52. The van der Waals surface area contributed by atoms with Gasteiger partial charge in [0.15, 0.2) is 5.65 Å². The molecular formula is C16H23N5O2. The van der Waals surface area contributed by atoms with E-state index in [1.54, 1.807) is 4.52 Å². The first kappa shape index (κ1) is 15.9. The van der Waals surface area contributed by atoms with Crippen LogP contribution < -0.4 is 0 Å². The van der Waals surface area contributed by atoms with Gasteiger partial charge in [-0.25, -0.2) is 9.50 Å². The lowest BCUT2D eigenvalue weighted by atomic mass is 10.0. The van der Waals surface area contributed by atoms with E-state index in [4.69, 9.17) is 0 Å². The third-order valence-electron chi connectivity index (χ3n) is 4.63. The van der Waals surface area contributed by atoms with E-state index >= 15 is 0 Å². The SMILES string of the molecule is CN(C)[C@@H]1CC[C@H](C(=O)O)CN(Cc2ccn3ncnc3c2)C1. The number of carboxylic acids is 1. The largest absolute Gasteiger partial charge is 0.481 e. The van der Waals surface area contributed by atoms with Crippen LogP contribution >= 0.6 is 0 Å². The molecule has 3 heterocycles. The molecule has 1 aliphatic heterocycles. The van der Waals surface area contributed by atoms with Crippen molar-refractivity contribution in [1.82, 2.24) is 24.4 Å². The van der Waals surface area contributed by atoms with Crippen molar-refractivity contribution in [1.29, 1.82) is 0 Å². The van der Waals surface area contributed by atoms with Gasteiger partial charge in [0.2, 0.25) is 0 Å². The van der Waals surface area contributed by atoms with Gasteiger partial charge < -0.3 is 10.0 Å². The average Bonchev–Trinajstić information content (AvgIpc) is 2.85. The second-order valence-electron chi connectivity index (χ2n) is 6.52. The molecule has 7 nitrogen and oxygen atoms in total. The molecular weight excluding hydrogens is 294 g/mol. The van der Waals surface area contributed by atoms with Gasteiger partial charge in [0, 0.05) is 31.9 Å². The highest BCUT2D eigenvalue weighted by Crippen LogP contribution is 2.21. The first-order valence-electron chi connectivity index (χ1n) is 7.93. The van der Waals surface area contributed by atoms with Crippen molar-refractivity contribution in [2.75, 3.05) is 27.2 Å². The quantitative estimate of drug-likeness (QED) is 0.905. The van der Waals surface area contributed by atoms with E-state index in [0.717, 1.165) is 37.1 Å². The number of likely N-dealkylation sites (N-methyl/N-ethyl adjacent to an activating group) is 1. The zero-order valence-electron chi connectivity index (χ0n) is 13.6. The Morgan fingerprint density at radius 2 is 2.22 bits per heavy atom. The fourth-order valence-electron chi connectivity index (χ4n) is 3.23. The minimum Gasteiger partial charge on any atom is -0.481 e. The number of aliphatic carboxylic acids is 1. The molecule has 2 aromatic rings. The lowest BCUT2D eigenvalue weighted by Crippen LogP contribution is -2.39. The summed E-state index contributed by atoms with van der Waals surface area (Å²) in [7, 11) is 4.12. The molecule has 0 aliphatic carbocycles. The molecule has 0 spiro atoms. The van der Waals surface area contributed by atoms with Crippen LogP contribution in [0.3, 0.4) is 0 Å². The summed E-state index contributed by atoms with van der Waals surface area (Å²) in [6, 6.07) is 4.42. The molecule has 0 aromatic carbocycles. The number of fused-ring (bicyclic) bond motifs is 1. The minimum atomic E-state index is -0.692. The average molecular weight is 317 g/mol. The Kier molecular flexibility index (Phi) is 4.58. The van der Waals surface area contributed by atoms with E-state index < -0.39 is 5.97 Å². The molecule has 1 fully saturated rings. The molecule has 7 heteroatoms. The van der Waals surface area contributed by atoms with E-state index in [-0.39, 0.29) is 5.92 Å². The van der Waals surface area contributed by atoms with E-state index in [0.29, 0.717) is 12.6 Å². The summed E-state index contributed by atoms with van der Waals surface area (Å²) in [5.74, 6) is -0.987. The summed E-state index contributed by atoms with van der Waals surface area (Å²) >= 11 is 0. The predicted molar refractivity (Wildman–Crippen MR) is 86.1 cm³/mol. The Labute approximate surface area is 135 Å². The Morgan fingerprint density at radius 3 is 2.96 bits per heavy atom. The van der Waals surface area contributed by atoms with Gasteiger partial charge >= 0.3 is 5.97 Å². The lowest BCUT2D eigenvalue weighted by Gasteiger charge is -2.28. The maximum Gasteiger partial charge on any atom is 0.307 e. The number of rotatable bonds is 4. The highest BCUT2D eigenvalue weighted by Gasteiger charge is 2.29. The monoisotopic (exact) mass is 317 g/mol. The predicted octanol–water partition coefficient (Wildman–Crippen LogP) is 0.956. The first-order valence-corrected chi connectivity index (χ1v) is 7.93. The van der Waals surface area contributed by atoms with Crippen LogP contribution in [0.15, 0.2) is 24.7 Å². The fraction of sp³-hybridized carbons (Fsp3) is 0.562. The Hall–Kier alpha value is -1.99. The first-order chi connectivity index (χ1) is 11.0. The third kappa shape index (κ3) is 3.68. The zero-order valence-corrected chi connectivity index (χ0v) is 13.6. The maximum absolute atomic E-state index is 11.5. The smallest absolute Gasteiger partial charge is 0.307 e. The number of aromatic nitrogens is 3. The molecule has 0 radical (unpaired) electrons. The molecule has 2 aromatic heterocycles. The zero-order chi connectivity index (χ0) is 16.4. The van der Waals surface area contributed by atoms with Crippen molar-refractivity contribution in [3.8, 4) is 0 Å². The summed E-state index contributed by atoms with van der Waals surface area (Å²) in [4.78, 5) is 20.1. The molecule has 1 saturated heterocycles. The van der Waals surface area contributed by atoms with Crippen molar-refractivity contribution in [3.63, 3.8) is 0 Å². The molecule has 23 heavy (non-hydrogen) atoms. The van der Waals surface area contributed by atoms with E-state index in [1.165, 1.54) is 6.33 Å². The Balaban J connectivity index is 1.77. The number of carboxylic acid groups (broad SMARTS) is 1. The van der Waals surface area contributed by atoms with Gasteiger partial charge in [-0.15, -0.1) is 0 Å². The summed E-state index contributed by atoms with van der Waals surface area (Å²) in [5.41, 5.74) is 1.95. The van der Waals surface area contributed by atoms with Crippen LogP contribution in [0.1, 0.15) is 18.4 Å². The van der Waals surface area contributed by atoms with Gasteiger partial charge in [0.05, 0.1) is 5.92 Å². The molecule has 3 rings (SSSR count). The van der Waals surface area contributed by atoms with Crippen LogP contribution in [-0.4, -0.2) is 68.7 Å². The topological polar surface area (TPSA) is 74.0 Å². The van der Waals surface area contributed by atoms with Crippen LogP contribution in [0.5, 0.6) is 0 Å². The summed E-state index contributed by atoms with van der Waals surface area (Å²) in [6.07, 6.45) is 5.09. The minimum absolute atomic E-state index is 0.295. The molecule has 0 unspecified atom stereocenters. The van der Waals surface area contributed by atoms with Crippen LogP contribution in [0.4, 0.5) is 0 Å². The van der Waals surface area contributed by atoms with E-state index in [1.807, 2.05) is 18.3 Å². The van der Waals surface area contributed by atoms with Crippen molar-refractivity contribution in [3.05, 3.63) is 30.2 Å². The standard InChI is InChI=1S/C16H23N5O2/c1-19(2)14-4-3-13(16(22)23)9-20(10-14)8-12-5-6-21-15(7-12)17-11-18-21/h5-7,11,13-14H,3-4,8-10H2,1-2H3,(H,22,23)/t13-,14+/m0/s1. The van der Waals surface area contributed by atoms with Crippen LogP contribution in [-0.2, 0) is 11.3 Å². The normalized spacial score (nSPS) is 23.3. The molecule has 0 saturated carbocycles. The Morgan fingerprint density at radius 1 is 1.39 bits per heavy atom. The number of hydrogen-bond donors (Lipinski definition) is 1. The lowest BCUT2D eigenvalue weighted by molar-refractivity contribution is -0.142. The van der Waals surface area contributed by atoms with Gasteiger partial charge in [0.25, 0.3) is 0 Å². The molecule has 0 bridgehead atoms. The summed E-state index contributed by atoms with van der Waals surface area (Å²) in [6.45, 7) is 2.21. The van der Waals surface area contributed by atoms with Gasteiger partial charge in [-0.05, 0) is 44.6 Å².